The monoisotopic (exact) mass is 311 g/mol. The Balaban J connectivity index is 1.75. The molecule has 1 heterocycles. The van der Waals surface area contributed by atoms with Gasteiger partial charge in [-0.15, -0.1) is 0 Å². The van der Waals surface area contributed by atoms with Crippen molar-refractivity contribution in [2.75, 3.05) is 6.54 Å². The molecule has 1 amide bonds. The Morgan fingerprint density at radius 2 is 2.05 bits per heavy atom. The number of carbonyl (C=O) groups is 1. The lowest BCUT2D eigenvalue weighted by atomic mass is 10.1. The molecule has 118 valence electrons. The molecule has 0 saturated heterocycles. The Kier molecular flexibility index (Phi) is 5.19. The van der Waals surface area contributed by atoms with E-state index in [2.05, 4.69) is 15.5 Å². The molecule has 0 radical (unpaired) electrons. The van der Waals surface area contributed by atoms with E-state index in [1.807, 2.05) is 0 Å². The summed E-state index contributed by atoms with van der Waals surface area (Å²) in [5.41, 5.74) is 0.814. The largest absolute Gasteiger partial charge is 0.416 e. The van der Waals surface area contributed by atoms with E-state index in [4.69, 9.17) is 0 Å². The number of H-pyrrole nitrogens is 1. The highest BCUT2D eigenvalue weighted by molar-refractivity contribution is 5.76. The number of rotatable bonds is 6. The predicted molar refractivity (Wildman–Crippen MR) is 75.1 cm³/mol. The number of hydrogen-bond acceptors (Lipinski definition) is 2. The summed E-state index contributed by atoms with van der Waals surface area (Å²) < 4.78 is 37.7. The van der Waals surface area contributed by atoms with Gasteiger partial charge in [-0.25, -0.2) is 0 Å². The van der Waals surface area contributed by atoms with E-state index in [-0.39, 0.29) is 5.91 Å². The second kappa shape index (κ2) is 7.11. The van der Waals surface area contributed by atoms with Gasteiger partial charge in [0.1, 0.15) is 0 Å². The van der Waals surface area contributed by atoms with Crippen LogP contribution in [-0.2, 0) is 23.8 Å². The SMILES string of the molecule is O=C(CCc1cn[nH]c1)NCCc1cccc(C(F)(F)F)c1. The fourth-order valence-electron chi connectivity index (χ4n) is 2.01. The van der Waals surface area contributed by atoms with Gasteiger partial charge in [0.05, 0.1) is 11.8 Å². The molecular weight excluding hydrogens is 295 g/mol. The number of carbonyl (C=O) groups excluding carboxylic acids is 1. The fraction of sp³-hybridized carbons (Fsp3) is 0.333. The van der Waals surface area contributed by atoms with Crippen molar-refractivity contribution in [1.82, 2.24) is 15.5 Å². The van der Waals surface area contributed by atoms with Gasteiger partial charge in [-0.3, -0.25) is 9.89 Å². The van der Waals surface area contributed by atoms with E-state index in [1.165, 1.54) is 6.07 Å². The highest BCUT2D eigenvalue weighted by Crippen LogP contribution is 2.29. The van der Waals surface area contributed by atoms with E-state index in [0.29, 0.717) is 31.4 Å². The van der Waals surface area contributed by atoms with Gasteiger partial charge in [0.15, 0.2) is 0 Å². The number of nitrogens with one attached hydrogen (secondary N) is 2. The quantitative estimate of drug-likeness (QED) is 0.862. The molecular formula is C15H16F3N3O. The van der Waals surface area contributed by atoms with Crippen molar-refractivity contribution in [2.45, 2.75) is 25.4 Å². The lowest BCUT2D eigenvalue weighted by Crippen LogP contribution is -2.25. The minimum atomic E-state index is -4.34. The highest BCUT2D eigenvalue weighted by Gasteiger charge is 2.30. The molecule has 0 aliphatic heterocycles. The Morgan fingerprint density at radius 3 is 2.73 bits per heavy atom. The molecule has 0 saturated carbocycles. The molecule has 0 bridgehead atoms. The van der Waals surface area contributed by atoms with Crippen molar-refractivity contribution in [3.8, 4) is 0 Å². The molecule has 2 rings (SSSR count). The molecule has 0 aliphatic carbocycles. The smallest absolute Gasteiger partial charge is 0.356 e. The summed E-state index contributed by atoms with van der Waals surface area (Å²) in [6, 6.07) is 5.14. The van der Waals surface area contributed by atoms with Crippen LogP contribution in [0.25, 0.3) is 0 Å². The number of benzene rings is 1. The summed E-state index contributed by atoms with van der Waals surface area (Å²) >= 11 is 0. The molecule has 4 nitrogen and oxygen atoms in total. The summed E-state index contributed by atoms with van der Waals surface area (Å²) in [5.74, 6) is -0.131. The summed E-state index contributed by atoms with van der Waals surface area (Å²) in [6.45, 7) is 0.311. The third kappa shape index (κ3) is 4.91. The first kappa shape index (κ1) is 16.1. The molecule has 2 aromatic rings. The van der Waals surface area contributed by atoms with Crippen LogP contribution in [0.1, 0.15) is 23.1 Å². The van der Waals surface area contributed by atoms with Crippen LogP contribution in [0.2, 0.25) is 0 Å². The Morgan fingerprint density at radius 1 is 1.23 bits per heavy atom. The van der Waals surface area contributed by atoms with Gasteiger partial charge in [-0.1, -0.05) is 18.2 Å². The lowest BCUT2D eigenvalue weighted by Gasteiger charge is -2.09. The van der Waals surface area contributed by atoms with Crippen LogP contribution in [0.3, 0.4) is 0 Å². The van der Waals surface area contributed by atoms with E-state index in [9.17, 15) is 18.0 Å². The molecule has 1 aromatic carbocycles. The first-order valence-electron chi connectivity index (χ1n) is 6.85. The summed E-state index contributed by atoms with van der Waals surface area (Å²) in [7, 11) is 0. The van der Waals surface area contributed by atoms with Crippen LogP contribution in [0, 0.1) is 0 Å². The maximum Gasteiger partial charge on any atom is 0.416 e. The maximum absolute atomic E-state index is 12.6. The first-order chi connectivity index (χ1) is 10.4. The fourth-order valence-corrected chi connectivity index (χ4v) is 2.01. The van der Waals surface area contributed by atoms with Gasteiger partial charge in [0, 0.05) is 19.2 Å². The average Bonchev–Trinajstić information content (AvgIpc) is 2.98. The molecule has 2 N–H and O–H groups in total. The van der Waals surface area contributed by atoms with E-state index in [0.717, 1.165) is 17.7 Å². The van der Waals surface area contributed by atoms with Crippen LogP contribution in [0.5, 0.6) is 0 Å². The van der Waals surface area contributed by atoms with Crippen LogP contribution in [0.4, 0.5) is 13.2 Å². The van der Waals surface area contributed by atoms with Gasteiger partial charge in [-0.2, -0.15) is 18.3 Å². The van der Waals surface area contributed by atoms with E-state index >= 15 is 0 Å². The van der Waals surface area contributed by atoms with Crippen LogP contribution < -0.4 is 5.32 Å². The van der Waals surface area contributed by atoms with Gasteiger partial charge in [0.25, 0.3) is 0 Å². The summed E-state index contributed by atoms with van der Waals surface area (Å²) in [4.78, 5) is 11.6. The maximum atomic E-state index is 12.6. The zero-order chi connectivity index (χ0) is 16.0. The molecule has 22 heavy (non-hydrogen) atoms. The Hall–Kier alpha value is -2.31. The molecule has 0 fully saturated rings. The zero-order valence-electron chi connectivity index (χ0n) is 11.8. The molecule has 0 aliphatic rings. The Labute approximate surface area is 125 Å². The highest BCUT2D eigenvalue weighted by atomic mass is 19.4. The number of nitrogens with zero attached hydrogens (tertiary/aromatic N) is 1. The zero-order valence-corrected chi connectivity index (χ0v) is 11.8. The second-order valence-corrected chi connectivity index (χ2v) is 4.90. The van der Waals surface area contributed by atoms with Crippen molar-refractivity contribution >= 4 is 5.91 Å². The number of halogens is 3. The van der Waals surface area contributed by atoms with Crippen LogP contribution in [0.15, 0.2) is 36.7 Å². The van der Waals surface area contributed by atoms with Gasteiger partial charge in [-0.05, 0) is 30.0 Å². The van der Waals surface area contributed by atoms with Crippen molar-refractivity contribution in [3.63, 3.8) is 0 Å². The van der Waals surface area contributed by atoms with Crippen molar-refractivity contribution in [3.05, 3.63) is 53.3 Å². The van der Waals surface area contributed by atoms with Gasteiger partial charge in [0.2, 0.25) is 5.91 Å². The molecule has 0 atom stereocenters. The minimum Gasteiger partial charge on any atom is -0.356 e. The third-order valence-electron chi connectivity index (χ3n) is 3.19. The lowest BCUT2D eigenvalue weighted by molar-refractivity contribution is -0.137. The molecule has 0 spiro atoms. The molecule has 0 unspecified atom stereocenters. The Bertz CT molecular complexity index is 609. The number of aryl methyl sites for hydroxylation is 1. The first-order valence-corrected chi connectivity index (χ1v) is 6.85. The standard InChI is InChI=1S/C15H16F3N3O/c16-15(17,18)13-3-1-2-11(8-13)6-7-19-14(22)5-4-12-9-20-21-10-12/h1-3,8-10H,4-7H2,(H,19,22)(H,20,21). The van der Waals surface area contributed by atoms with Crippen LogP contribution >= 0.6 is 0 Å². The van der Waals surface area contributed by atoms with Crippen molar-refractivity contribution in [1.29, 1.82) is 0 Å². The van der Waals surface area contributed by atoms with Crippen molar-refractivity contribution in [2.24, 2.45) is 0 Å². The minimum absolute atomic E-state index is 0.131. The summed E-state index contributed by atoms with van der Waals surface area (Å²) in [5, 5.41) is 9.14. The predicted octanol–water partition coefficient (Wildman–Crippen LogP) is 2.72. The normalized spacial score (nSPS) is 11.4. The second-order valence-electron chi connectivity index (χ2n) is 4.90. The van der Waals surface area contributed by atoms with E-state index in [1.54, 1.807) is 18.5 Å². The molecule has 1 aromatic heterocycles. The van der Waals surface area contributed by atoms with Crippen molar-refractivity contribution < 1.29 is 18.0 Å². The number of alkyl halides is 3. The number of hydrogen-bond donors (Lipinski definition) is 2. The third-order valence-corrected chi connectivity index (χ3v) is 3.19. The van der Waals surface area contributed by atoms with Crippen LogP contribution in [-0.4, -0.2) is 22.6 Å². The summed E-state index contributed by atoms with van der Waals surface area (Å²) in [6.07, 6.45) is 0.283. The topological polar surface area (TPSA) is 57.8 Å². The van der Waals surface area contributed by atoms with Gasteiger partial charge >= 0.3 is 6.18 Å². The molecule has 7 heteroatoms. The van der Waals surface area contributed by atoms with Gasteiger partial charge < -0.3 is 5.32 Å². The van der Waals surface area contributed by atoms with E-state index < -0.39 is 11.7 Å². The number of amides is 1. The number of aromatic amines is 1. The number of aromatic nitrogens is 2. The average molecular weight is 311 g/mol.